The van der Waals surface area contributed by atoms with Crippen LogP contribution in [0.2, 0.25) is 0 Å². The fourth-order valence-corrected chi connectivity index (χ4v) is 3.74. The molecule has 1 fully saturated rings. The van der Waals surface area contributed by atoms with E-state index in [1.807, 2.05) is 29.4 Å². The van der Waals surface area contributed by atoms with E-state index in [1.54, 1.807) is 11.8 Å². The first-order valence-corrected chi connectivity index (χ1v) is 9.18. The number of carbonyl (C=O) groups excluding carboxylic acids is 1. The number of hydrogen-bond acceptors (Lipinski definition) is 4. The van der Waals surface area contributed by atoms with Gasteiger partial charge in [0.1, 0.15) is 11.4 Å². The Balaban J connectivity index is 2.02. The highest BCUT2D eigenvalue weighted by molar-refractivity contribution is 9.10. The van der Waals surface area contributed by atoms with Crippen LogP contribution < -0.4 is 9.64 Å². The van der Waals surface area contributed by atoms with Gasteiger partial charge in [-0.2, -0.15) is 0 Å². The van der Waals surface area contributed by atoms with Crippen LogP contribution >= 0.6 is 27.7 Å². The number of amides is 1. The molecule has 1 spiro atoms. The van der Waals surface area contributed by atoms with E-state index in [4.69, 9.17) is 9.47 Å². The van der Waals surface area contributed by atoms with E-state index in [-0.39, 0.29) is 5.91 Å². The Labute approximate surface area is 137 Å². The summed E-state index contributed by atoms with van der Waals surface area (Å²) in [6, 6.07) is 5.86. The van der Waals surface area contributed by atoms with Crippen molar-refractivity contribution in [1.29, 1.82) is 0 Å². The van der Waals surface area contributed by atoms with E-state index >= 15 is 0 Å². The molecule has 0 unspecified atom stereocenters. The van der Waals surface area contributed by atoms with Gasteiger partial charge in [0, 0.05) is 17.3 Å². The van der Waals surface area contributed by atoms with Crippen molar-refractivity contribution in [2.45, 2.75) is 24.9 Å². The first kappa shape index (κ1) is 15.2. The fraction of sp³-hybridized carbons (Fsp3) is 0.533. The molecule has 0 bridgehead atoms. The Morgan fingerprint density at radius 3 is 2.86 bits per heavy atom. The second kappa shape index (κ2) is 6.18. The number of nitrogens with zero attached hydrogens (tertiary/aromatic N) is 1. The van der Waals surface area contributed by atoms with Crippen LogP contribution in [0.15, 0.2) is 22.7 Å². The lowest BCUT2D eigenvalue weighted by Gasteiger charge is -2.35. The zero-order valence-electron chi connectivity index (χ0n) is 11.9. The molecule has 1 aromatic rings. The van der Waals surface area contributed by atoms with E-state index in [2.05, 4.69) is 15.9 Å². The largest absolute Gasteiger partial charge is 0.484 e. The van der Waals surface area contributed by atoms with Crippen molar-refractivity contribution >= 4 is 39.3 Å². The van der Waals surface area contributed by atoms with Crippen molar-refractivity contribution in [2.75, 3.05) is 30.2 Å². The maximum atomic E-state index is 12.7. The van der Waals surface area contributed by atoms with Crippen molar-refractivity contribution in [3.8, 4) is 5.75 Å². The van der Waals surface area contributed by atoms with Gasteiger partial charge in [-0.3, -0.25) is 9.69 Å². The van der Waals surface area contributed by atoms with Gasteiger partial charge in [-0.1, -0.05) is 15.9 Å². The van der Waals surface area contributed by atoms with Gasteiger partial charge >= 0.3 is 0 Å². The minimum atomic E-state index is -0.419. The number of benzene rings is 1. The topological polar surface area (TPSA) is 38.8 Å². The summed E-state index contributed by atoms with van der Waals surface area (Å²) in [6.07, 6.45) is 3.95. The first-order chi connectivity index (χ1) is 10.1. The lowest BCUT2D eigenvalue weighted by Crippen LogP contribution is -2.44. The Morgan fingerprint density at radius 2 is 2.14 bits per heavy atom. The van der Waals surface area contributed by atoms with Crippen molar-refractivity contribution in [2.24, 2.45) is 0 Å². The van der Waals surface area contributed by atoms with Gasteiger partial charge in [0.2, 0.25) is 5.91 Å². The van der Waals surface area contributed by atoms with E-state index in [0.717, 1.165) is 28.8 Å². The number of halogens is 1. The van der Waals surface area contributed by atoms with Crippen molar-refractivity contribution < 1.29 is 14.3 Å². The lowest BCUT2D eigenvalue weighted by atomic mass is 9.90. The van der Waals surface area contributed by atoms with Gasteiger partial charge in [-0.25, -0.2) is 0 Å². The second-order valence-corrected chi connectivity index (χ2v) is 7.18. The Bertz CT molecular complexity index is 546. The van der Waals surface area contributed by atoms with Gasteiger partial charge in [-0.15, -0.1) is 11.8 Å². The van der Waals surface area contributed by atoms with Gasteiger partial charge in [-0.05, 0) is 24.5 Å². The predicted octanol–water partition coefficient (Wildman–Crippen LogP) is 3.43. The molecule has 6 heteroatoms. The number of thioether (sulfide) groups is 1. The van der Waals surface area contributed by atoms with Crippen LogP contribution in [0.5, 0.6) is 5.75 Å². The summed E-state index contributed by atoms with van der Waals surface area (Å²) < 4.78 is 12.7. The molecular weight excluding hydrogens is 354 g/mol. The van der Waals surface area contributed by atoms with Crippen LogP contribution in [0, 0.1) is 0 Å². The van der Waals surface area contributed by atoms with Crippen LogP contribution in [0.4, 0.5) is 5.69 Å². The molecule has 0 saturated carbocycles. The fourth-order valence-electron chi connectivity index (χ4n) is 2.86. The van der Waals surface area contributed by atoms with Crippen LogP contribution in [0.25, 0.3) is 0 Å². The molecule has 2 aliphatic rings. The monoisotopic (exact) mass is 371 g/mol. The molecule has 4 nitrogen and oxygen atoms in total. The summed E-state index contributed by atoms with van der Waals surface area (Å²) in [5.74, 6) is 1.56. The highest BCUT2D eigenvalue weighted by Crippen LogP contribution is 2.42. The third-order valence-electron chi connectivity index (χ3n) is 3.98. The molecule has 2 aliphatic heterocycles. The summed E-state index contributed by atoms with van der Waals surface area (Å²) in [4.78, 5) is 14.5. The van der Waals surface area contributed by atoms with Crippen molar-refractivity contribution in [3.05, 3.63) is 22.7 Å². The van der Waals surface area contributed by atoms with Crippen molar-refractivity contribution in [3.63, 3.8) is 0 Å². The smallest absolute Gasteiger partial charge is 0.231 e. The average molecular weight is 372 g/mol. The van der Waals surface area contributed by atoms with Gasteiger partial charge < -0.3 is 9.47 Å². The number of hydrogen-bond donors (Lipinski definition) is 0. The number of rotatable bonds is 2. The molecule has 2 heterocycles. The Morgan fingerprint density at radius 1 is 1.38 bits per heavy atom. The normalized spacial score (nSPS) is 20.9. The van der Waals surface area contributed by atoms with Crippen molar-refractivity contribution in [1.82, 2.24) is 0 Å². The summed E-state index contributed by atoms with van der Waals surface area (Å²) in [6.45, 7) is 1.30. The SMILES string of the molecule is CSCN1C(=O)CC2(CCOCC2)Oc2cc(Br)ccc21. The Hall–Kier alpha value is -0.720. The number of ether oxygens (including phenoxy) is 2. The maximum Gasteiger partial charge on any atom is 0.231 e. The molecule has 0 atom stereocenters. The van der Waals surface area contributed by atoms with Crippen LogP contribution in [-0.2, 0) is 9.53 Å². The Kier molecular flexibility index (Phi) is 4.47. The van der Waals surface area contributed by atoms with Gasteiger partial charge in [0.25, 0.3) is 0 Å². The molecule has 1 saturated heterocycles. The number of carbonyl (C=O) groups is 1. The zero-order valence-corrected chi connectivity index (χ0v) is 14.3. The number of anilines is 1. The third kappa shape index (κ3) is 3.07. The molecule has 21 heavy (non-hydrogen) atoms. The molecule has 0 aromatic heterocycles. The standard InChI is InChI=1S/C15H18BrNO3S/c1-21-10-17-12-3-2-11(16)8-13(12)20-15(9-14(17)18)4-6-19-7-5-15/h2-3,8H,4-7,9-10H2,1H3. The van der Waals surface area contributed by atoms with E-state index in [0.29, 0.717) is 25.5 Å². The highest BCUT2D eigenvalue weighted by atomic mass is 79.9. The summed E-state index contributed by atoms with van der Waals surface area (Å²) in [5, 5.41) is 0. The molecule has 1 aromatic carbocycles. The molecule has 3 rings (SSSR count). The van der Waals surface area contributed by atoms with E-state index in [9.17, 15) is 4.79 Å². The first-order valence-electron chi connectivity index (χ1n) is 6.99. The third-order valence-corrected chi connectivity index (χ3v) is 4.99. The highest BCUT2D eigenvalue weighted by Gasteiger charge is 2.42. The summed E-state index contributed by atoms with van der Waals surface area (Å²) >= 11 is 5.13. The second-order valence-electron chi connectivity index (χ2n) is 5.43. The molecular formula is C15H18BrNO3S. The predicted molar refractivity (Wildman–Crippen MR) is 88.0 cm³/mol. The number of fused-ring (bicyclic) bond motifs is 1. The molecule has 1 amide bonds. The minimum absolute atomic E-state index is 0.132. The van der Waals surface area contributed by atoms with E-state index in [1.165, 1.54) is 0 Å². The minimum Gasteiger partial charge on any atom is -0.484 e. The molecule has 0 radical (unpaired) electrons. The van der Waals surface area contributed by atoms with E-state index < -0.39 is 5.60 Å². The maximum absolute atomic E-state index is 12.7. The average Bonchev–Trinajstić information content (AvgIpc) is 2.55. The summed E-state index contributed by atoms with van der Waals surface area (Å²) in [5.41, 5.74) is 0.443. The zero-order chi connectivity index (χ0) is 14.9. The molecule has 0 N–H and O–H groups in total. The van der Waals surface area contributed by atoms with Crippen LogP contribution in [0.1, 0.15) is 19.3 Å². The van der Waals surface area contributed by atoms with Gasteiger partial charge in [0.05, 0.1) is 31.2 Å². The molecule has 0 aliphatic carbocycles. The molecule has 114 valence electrons. The quantitative estimate of drug-likeness (QED) is 0.797. The lowest BCUT2D eigenvalue weighted by molar-refractivity contribution is -0.124. The van der Waals surface area contributed by atoms with Crippen LogP contribution in [0.3, 0.4) is 0 Å². The summed E-state index contributed by atoms with van der Waals surface area (Å²) in [7, 11) is 0. The van der Waals surface area contributed by atoms with Gasteiger partial charge in [0.15, 0.2) is 0 Å². The van der Waals surface area contributed by atoms with Crippen LogP contribution in [-0.4, -0.2) is 36.9 Å².